The Morgan fingerprint density at radius 3 is 2.70 bits per heavy atom. The molecule has 0 saturated heterocycles. The molecule has 1 heterocycles. The third kappa shape index (κ3) is 2.24. The van der Waals surface area contributed by atoms with Gasteiger partial charge in [0.1, 0.15) is 5.82 Å². The number of hydrogen-bond acceptors (Lipinski definition) is 2. The molecule has 1 saturated carbocycles. The summed E-state index contributed by atoms with van der Waals surface area (Å²) in [7, 11) is 0. The molecule has 3 rings (SSSR count). The molecular formula is C17H25N3. The number of fused-ring (bicyclic) bond motifs is 1. The van der Waals surface area contributed by atoms with Crippen LogP contribution in [0.3, 0.4) is 0 Å². The molecule has 20 heavy (non-hydrogen) atoms. The summed E-state index contributed by atoms with van der Waals surface area (Å²) in [5, 5.41) is 0. The molecule has 1 aromatic heterocycles. The van der Waals surface area contributed by atoms with E-state index in [9.17, 15) is 0 Å². The number of aromatic amines is 1. The summed E-state index contributed by atoms with van der Waals surface area (Å²) in [5.74, 6) is 1.90. The number of imidazole rings is 1. The van der Waals surface area contributed by atoms with Crippen LogP contribution in [0.1, 0.15) is 57.3 Å². The number of para-hydroxylation sites is 1. The average Bonchev–Trinajstić information content (AvgIpc) is 3.04. The lowest BCUT2D eigenvalue weighted by Crippen LogP contribution is -2.25. The van der Waals surface area contributed by atoms with E-state index in [0.717, 1.165) is 16.6 Å². The van der Waals surface area contributed by atoms with Crippen molar-refractivity contribution in [2.45, 2.75) is 57.9 Å². The third-order valence-corrected chi connectivity index (χ3v) is 4.68. The maximum absolute atomic E-state index is 5.84. The zero-order valence-corrected chi connectivity index (χ0v) is 12.6. The van der Waals surface area contributed by atoms with E-state index in [1.54, 1.807) is 0 Å². The number of rotatable bonds is 4. The van der Waals surface area contributed by atoms with Crippen LogP contribution in [0.25, 0.3) is 11.0 Å². The Bertz CT molecular complexity index is 591. The van der Waals surface area contributed by atoms with Crippen LogP contribution in [-0.2, 0) is 12.0 Å². The molecule has 0 amide bonds. The fraction of sp³-hybridized carbons (Fsp3) is 0.588. The smallest absolute Gasteiger partial charge is 0.113 e. The molecular weight excluding hydrogens is 246 g/mol. The molecule has 3 heteroatoms. The highest BCUT2D eigenvalue weighted by molar-refractivity contribution is 5.79. The van der Waals surface area contributed by atoms with Gasteiger partial charge < -0.3 is 10.7 Å². The van der Waals surface area contributed by atoms with Gasteiger partial charge in [0.15, 0.2) is 0 Å². The van der Waals surface area contributed by atoms with Crippen molar-refractivity contribution in [3.8, 4) is 0 Å². The highest BCUT2D eigenvalue weighted by atomic mass is 14.9. The third-order valence-electron chi connectivity index (χ3n) is 4.68. The maximum atomic E-state index is 5.84. The maximum Gasteiger partial charge on any atom is 0.113 e. The summed E-state index contributed by atoms with van der Waals surface area (Å²) in [6, 6.07) is 6.26. The van der Waals surface area contributed by atoms with Crippen LogP contribution in [0, 0.1) is 5.92 Å². The monoisotopic (exact) mass is 271 g/mol. The normalized spacial score (nSPS) is 18.2. The van der Waals surface area contributed by atoms with E-state index in [1.807, 2.05) is 0 Å². The number of H-pyrrole nitrogens is 1. The van der Waals surface area contributed by atoms with Gasteiger partial charge in [-0.3, -0.25) is 0 Å². The van der Waals surface area contributed by atoms with Gasteiger partial charge in [-0.15, -0.1) is 0 Å². The second kappa shape index (κ2) is 5.21. The van der Waals surface area contributed by atoms with E-state index in [-0.39, 0.29) is 5.41 Å². The second-order valence-corrected chi connectivity index (χ2v) is 6.69. The molecule has 0 aliphatic heterocycles. The molecule has 1 aliphatic rings. The van der Waals surface area contributed by atoms with Gasteiger partial charge in [0.25, 0.3) is 0 Å². The molecule has 3 N–H and O–H groups in total. The average molecular weight is 271 g/mol. The minimum Gasteiger partial charge on any atom is -0.341 e. The lowest BCUT2D eigenvalue weighted by Gasteiger charge is -2.28. The number of hydrogen-bond donors (Lipinski definition) is 2. The van der Waals surface area contributed by atoms with Crippen LogP contribution in [0.4, 0.5) is 0 Å². The first kappa shape index (κ1) is 13.6. The molecule has 1 aliphatic carbocycles. The van der Waals surface area contributed by atoms with Gasteiger partial charge in [-0.25, -0.2) is 4.98 Å². The van der Waals surface area contributed by atoms with Crippen LogP contribution in [0.2, 0.25) is 0 Å². The molecule has 0 bridgehead atoms. The largest absolute Gasteiger partial charge is 0.341 e. The van der Waals surface area contributed by atoms with E-state index in [1.165, 1.54) is 37.9 Å². The Morgan fingerprint density at radius 1 is 1.30 bits per heavy atom. The van der Waals surface area contributed by atoms with Crippen LogP contribution in [-0.4, -0.2) is 9.97 Å². The quantitative estimate of drug-likeness (QED) is 0.886. The van der Waals surface area contributed by atoms with Crippen molar-refractivity contribution in [2.24, 2.45) is 11.7 Å². The molecule has 1 aromatic carbocycles. The summed E-state index contributed by atoms with van der Waals surface area (Å²) in [6.45, 7) is 5.18. The van der Waals surface area contributed by atoms with Crippen molar-refractivity contribution >= 4 is 11.0 Å². The summed E-state index contributed by atoms with van der Waals surface area (Å²) >= 11 is 0. The molecule has 0 spiro atoms. The highest BCUT2D eigenvalue weighted by Gasteiger charge is 2.38. The Kier molecular flexibility index (Phi) is 3.55. The van der Waals surface area contributed by atoms with Crippen molar-refractivity contribution in [2.75, 3.05) is 0 Å². The fourth-order valence-electron chi connectivity index (χ4n) is 3.88. The minimum absolute atomic E-state index is 0.263. The zero-order valence-electron chi connectivity index (χ0n) is 12.6. The number of aromatic nitrogens is 2. The van der Waals surface area contributed by atoms with Crippen molar-refractivity contribution in [3.63, 3.8) is 0 Å². The van der Waals surface area contributed by atoms with E-state index in [2.05, 4.69) is 37.0 Å². The number of benzene rings is 1. The molecule has 2 aromatic rings. The number of nitrogens with zero attached hydrogens (tertiary/aromatic N) is 1. The Balaban J connectivity index is 2.07. The van der Waals surface area contributed by atoms with Crippen molar-refractivity contribution < 1.29 is 0 Å². The summed E-state index contributed by atoms with van der Waals surface area (Å²) < 4.78 is 0. The van der Waals surface area contributed by atoms with Gasteiger partial charge >= 0.3 is 0 Å². The molecule has 0 atom stereocenters. The highest BCUT2D eigenvalue weighted by Crippen LogP contribution is 2.45. The lowest BCUT2D eigenvalue weighted by atomic mass is 9.78. The van der Waals surface area contributed by atoms with Gasteiger partial charge in [-0.1, -0.05) is 38.8 Å². The van der Waals surface area contributed by atoms with Crippen LogP contribution in [0.5, 0.6) is 0 Å². The van der Waals surface area contributed by atoms with E-state index < -0.39 is 0 Å². The molecule has 108 valence electrons. The molecule has 1 fully saturated rings. The Morgan fingerprint density at radius 2 is 2.05 bits per heavy atom. The second-order valence-electron chi connectivity index (χ2n) is 6.69. The first-order chi connectivity index (χ1) is 9.64. The van der Waals surface area contributed by atoms with Crippen LogP contribution >= 0.6 is 0 Å². The van der Waals surface area contributed by atoms with Crippen molar-refractivity contribution in [1.82, 2.24) is 9.97 Å². The van der Waals surface area contributed by atoms with E-state index in [4.69, 9.17) is 10.7 Å². The standard InChI is InChI=1S/C17H25N3/c1-12(2)10-17(8-3-4-9-17)16-19-14-7-5-6-13(11-18)15(14)20-16/h5-7,12H,3-4,8-11,18H2,1-2H3,(H,19,20). The predicted molar refractivity (Wildman–Crippen MR) is 83.6 cm³/mol. The summed E-state index contributed by atoms with van der Waals surface area (Å²) in [5.41, 5.74) is 9.45. The fourth-order valence-corrected chi connectivity index (χ4v) is 3.88. The molecule has 0 unspecified atom stereocenters. The van der Waals surface area contributed by atoms with Gasteiger partial charge in [-0.2, -0.15) is 0 Å². The minimum atomic E-state index is 0.263. The topological polar surface area (TPSA) is 54.7 Å². The Labute approximate surface area is 121 Å². The van der Waals surface area contributed by atoms with E-state index >= 15 is 0 Å². The van der Waals surface area contributed by atoms with Crippen molar-refractivity contribution in [1.29, 1.82) is 0 Å². The number of nitrogens with two attached hydrogens (primary N) is 1. The zero-order chi connectivity index (χ0) is 14.2. The van der Waals surface area contributed by atoms with Crippen molar-refractivity contribution in [3.05, 3.63) is 29.6 Å². The van der Waals surface area contributed by atoms with Crippen LogP contribution < -0.4 is 5.73 Å². The van der Waals surface area contributed by atoms with Crippen LogP contribution in [0.15, 0.2) is 18.2 Å². The SMILES string of the molecule is CC(C)CC1(c2nc3c(CN)cccc3[nH]2)CCCC1. The van der Waals surface area contributed by atoms with Gasteiger partial charge in [0, 0.05) is 12.0 Å². The molecule has 3 nitrogen and oxygen atoms in total. The molecule has 0 radical (unpaired) electrons. The Hall–Kier alpha value is -1.35. The lowest BCUT2D eigenvalue weighted by molar-refractivity contribution is 0.332. The number of nitrogens with one attached hydrogen (secondary N) is 1. The first-order valence-corrected chi connectivity index (χ1v) is 7.83. The predicted octanol–water partition coefficient (Wildman–Crippen LogP) is 3.88. The van der Waals surface area contributed by atoms with Gasteiger partial charge in [0.05, 0.1) is 11.0 Å². The summed E-state index contributed by atoms with van der Waals surface area (Å²) in [6.07, 6.45) is 6.41. The first-order valence-electron chi connectivity index (χ1n) is 7.83. The van der Waals surface area contributed by atoms with Gasteiger partial charge in [0.2, 0.25) is 0 Å². The van der Waals surface area contributed by atoms with Gasteiger partial charge in [-0.05, 0) is 36.8 Å². The van der Waals surface area contributed by atoms with E-state index in [0.29, 0.717) is 12.5 Å². The summed E-state index contributed by atoms with van der Waals surface area (Å²) in [4.78, 5) is 8.55.